The van der Waals surface area contributed by atoms with E-state index in [1.54, 1.807) is 19.2 Å². The minimum atomic E-state index is -0.00691. The van der Waals surface area contributed by atoms with Gasteiger partial charge in [-0.05, 0) is 50.4 Å². The molecule has 1 aromatic carbocycles. The van der Waals surface area contributed by atoms with Crippen molar-refractivity contribution in [2.75, 3.05) is 40.4 Å². The summed E-state index contributed by atoms with van der Waals surface area (Å²) in [6.45, 7) is 7.32. The van der Waals surface area contributed by atoms with Crippen molar-refractivity contribution >= 4 is 29.9 Å². The number of benzene rings is 1. The maximum Gasteiger partial charge on any atom is 0.254 e. The second-order valence-corrected chi connectivity index (χ2v) is 7.39. The number of nitrogens with one attached hydrogen (secondary N) is 1. The zero-order valence-electron chi connectivity index (χ0n) is 16.0. The van der Waals surface area contributed by atoms with Crippen molar-refractivity contribution < 1.29 is 14.3 Å². The molecule has 0 radical (unpaired) electrons. The zero-order valence-corrected chi connectivity index (χ0v) is 17.6. The first-order valence-electron chi connectivity index (χ1n) is 8.90. The topological polar surface area (TPSA) is 50.8 Å². The van der Waals surface area contributed by atoms with Crippen LogP contribution in [0.25, 0.3) is 0 Å². The van der Waals surface area contributed by atoms with E-state index in [1.165, 1.54) is 0 Å². The number of amides is 1. The van der Waals surface area contributed by atoms with E-state index in [4.69, 9.17) is 21.1 Å². The number of ether oxygens (including phenoxy) is 2. The molecule has 1 aromatic rings. The van der Waals surface area contributed by atoms with Gasteiger partial charge >= 0.3 is 0 Å². The van der Waals surface area contributed by atoms with Gasteiger partial charge in [0.25, 0.3) is 5.91 Å². The summed E-state index contributed by atoms with van der Waals surface area (Å²) in [7, 11) is 3.50. The predicted molar refractivity (Wildman–Crippen MR) is 108 cm³/mol. The van der Waals surface area contributed by atoms with Crippen molar-refractivity contribution in [3.63, 3.8) is 0 Å². The Morgan fingerprint density at radius 2 is 2.15 bits per heavy atom. The summed E-state index contributed by atoms with van der Waals surface area (Å²) in [6, 6.07) is 3.41. The second kappa shape index (κ2) is 10.9. The van der Waals surface area contributed by atoms with Gasteiger partial charge in [-0.2, -0.15) is 0 Å². The Morgan fingerprint density at radius 1 is 1.42 bits per heavy atom. The summed E-state index contributed by atoms with van der Waals surface area (Å²) in [5.41, 5.74) is 0.545. The highest BCUT2D eigenvalue weighted by Crippen LogP contribution is 2.37. The molecular weight excluding hydrogens is 375 g/mol. The average Bonchev–Trinajstić information content (AvgIpc) is 3.04. The molecular formula is C19H30Cl2N2O3. The van der Waals surface area contributed by atoms with Crippen LogP contribution in [0.2, 0.25) is 5.02 Å². The van der Waals surface area contributed by atoms with Gasteiger partial charge in [0.2, 0.25) is 0 Å². The molecule has 0 aliphatic carbocycles. The van der Waals surface area contributed by atoms with Crippen LogP contribution >= 0.6 is 24.0 Å². The first-order chi connectivity index (χ1) is 12.0. The van der Waals surface area contributed by atoms with E-state index in [1.807, 2.05) is 11.9 Å². The number of carbonyl (C=O) groups excluding carboxylic acids is 1. The molecule has 1 atom stereocenters. The van der Waals surface area contributed by atoms with E-state index >= 15 is 0 Å². The van der Waals surface area contributed by atoms with Crippen LogP contribution in [0.15, 0.2) is 12.1 Å². The number of rotatable bonds is 8. The van der Waals surface area contributed by atoms with Crippen LogP contribution in [-0.4, -0.2) is 51.2 Å². The molecule has 1 unspecified atom stereocenters. The molecule has 148 valence electrons. The quantitative estimate of drug-likeness (QED) is 0.713. The highest BCUT2D eigenvalue weighted by molar-refractivity contribution is 6.32. The Balaban J connectivity index is 0.00000338. The molecule has 7 heteroatoms. The number of likely N-dealkylation sites (tertiary alicyclic amines) is 1. The maximum absolute atomic E-state index is 12.8. The third kappa shape index (κ3) is 5.93. The monoisotopic (exact) mass is 404 g/mol. The maximum atomic E-state index is 12.8. The fourth-order valence-corrected chi connectivity index (χ4v) is 3.30. The number of nitrogens with zero attached hydrogens (tertiary/aromatic N) is 1. The highest BCUT2D eigenvalue weighted by Gasteiger charge is 2.27. The molecule has 1 saturated heterocycles. The predicted octanol–water partition coefficient (Wildman–Crippen LogP) is 3.88. The summed E-state index contributed by atoms with van der Waals surface area (Å²) in [4.78, 5) is 14.7. The average molecular weight is 405 g/mol. The van der Waals surface area contributed by atoms with Crippen LogP contribution in [0, 0.1) is 11.8 Å². The molecule has 0 saturated carbocycles. The van der Waals surface area contributed by atoms with Crippen LogP contribution in [0.3, 0.4) is 0 Å². The number of carbonyl (C=O) groups is 1. The largest absolute Gasteiger partial charge is 0.493 e. The van der Waals surface area contributed by atoms with Crippen LogP contribution in [0.1, 0.15) is 37.0 Å². The summed E-state index contributed by atoms with van der Waals surface area (Å²) in [6.07, 6.45) is 1.95. The van der Waals surface area contributed by atoms with Gasteiger partial charge in [-0.15, -0.1) is 12.4 Å². The van der Waals surface area contributed by atoms with Crippen molar-refractivity contribution in [2.24, 2.45) is 11.8 Å². The lowest BCUT2D eigenvalue weighted by Gasteiger charge is -2.19. The number of methoxy groups -OCH3 is 1. The molecule has 0 spiro atoms. The Bertz CT molecular complexity index is 596. The minimum Gasteiger partial charge on any atom is -0.493 e. The van der Waals surface area contributed by atoms with Crippen LogP contribution < -0.4 is 14.8 Å². The third-order valence-corrected chi connectivity index (χ3v) is 4.76. The van der Waals surface area contributed by atoms with Crippen molar-refractivity contribution in [1.29, 1.82) is 0 Å². The lowest BCUT2D eigenvalue weighted by molar-refractivity contribution is 0.0786. The summed E-state index contributed by atoms with van der Waals surface area (Å²) in [5, 5.41) is 3.59. The fourth-order valence-electron chi connectivity index (χ4n) is 3.04. The molecule has 5 nitrogen and oxygen atoms in total. The lowest BCUT2D eigenvalue weighted by atomic mass is 10.1. The standard InChI is InChI=1S/C19H29ClN2O3.ClH/c1-13(2)6-8-25-18-16(20)9-15(10-17(18)24-4)19(23)22-7-5-14(12-22)11-21-3;/h9-10,13-14,21H,5-8,11-12H2,1-4H3;1H. The molecule has 1 fully saturated rings. The normalized spacial score (nSPS) is 16.5. The van der Waals surface area contributed by atoms with Gasteiger partial charge in [0.1, 0.15) is 0 Å². The van der Waals surface area contributed by atoms with Crippen LogP contribution in [-0.2, 0) is 0 Å². The van der Waals surface area contributed by atoms with Gasteiger partial charge in [0.05, 0.1) is 18.7 Å². The van der Waals surface area contributed by atoms with E-state index in [0.717, 1.165) is 32.5 Å². The molecule has 2 rings (SSSR count). The van der Waals surface area contributed by atoms with Crippen molar-refractivity contribution in [1.82, 2.24) is 10.2 Å². The Labute approximate surface area is 167 Å². The third-order valence-electron chi connectivity index (χ3n) is 4.48. The fraction of sp³-hybridized carbons (Fsp3) is 0.632. The first kappa shape index (κ1) is 22.9. The van der Waals surface area contributed by atoms with Crippen LogP contribution in [0.5, 0.6) is 11.5 Å². The van der Waals surface area contributed by atoms with E-state index in [2.05, 4.69) is 19.2 Å². The molecule has 1 N–H and O–H groups in total. The molecule has 1 amide bonds. The summed E-state index contributed by atoms with van der Waals surface area (Å²) in [5.74, 6) is 2.06. The SMILES string of the molecule is CNCC1CCN(C(=O)c2cc(Cl)c(OCCC(C)C)c(OC)c2)C1.Cl. The molecule has 1 aliphatic rings. The van der Waals surface area contributed by atoms with E-state index in [9.17, 15) is 4.79 Å². The summed E-state index contributed by atoms with van der Waals surface area (Å²) < 4.78 is 11.2. The molecule has 1 aliphatic heterocycles. The molecule has 0 bridgehead atoms. The van der Waals surface area contributed by atoms with Crippen molar-refractivity contribution in [3.05, 3.63) is 22.7 Å². The smallest absolute Gasteiger partial charge is 0.254 e. The summed E-state index contributed by atoms with van der Waals surface area (Å²) >= 11 is 6.37. The number of halogens is 2. The van der Waals surface area contributed by atoms with E-state index < -0.39 is 0 Å². The van der Waals surface area contributed by atoms with Gasteiger partial charge in [0, 0.05) is 18.7 Å². The molecule has 26 heavy (non-hydrogen) atoms. The van der Waals surface area contributed by atoms with Gasteiger partial charge in [-0.25, -0.2) is 0 Å². The van der Waals surface area contributed by atoms with Gasteiger partial charge in [-0.1, -0.05) is 25.4 Å². The lowest BCUT2D eigenvalue weighted by Crippen LogP contribution is -2.30. The Morgan fingerprint density at radius 3 is 2.77 bits per heavy atom. The Hall–Kier alpha value is -1.17. The van der Waals surface area contributed by atoms with Gasteiger partial charge in [0.15, 0.2) is 11.5 Å². The van der Waals surface area contributed by atoms with Crippen molar-refractivity contribution in [2.45, 2.75) is 26.7 Å². The molecule has 0 aromatic heterocycles. The van der Waals surface area contributed by atoms with E-state index in [-0.39, 0.29) is 18.3 Å². The number of hydrogen-bond donors (Lipinski definition) is 1. The number of hydrogen-bond acceptors (Lipinski definition) is 4. The Kier molecular flexibility index (Phi) is 9.55. The zero-order chi connectivity index (χ0) is 18.4. The van der Waals surface area contributed by atoms with Gasteiger partial charge in [-0.3, -0.25) is 4.79 Å². The second-order valence-electron chi connectivity index (χ2n) is 6.98. The van der Waals surface area contributed by atoms with Crippen molar-refractivity contribution in [3.8, 4) is 11.5 Å². The van der Waals surface area contributed by atoms with E-state index in [0.29, 0.717) is 40.5 Å². The molecule has 1 heterocycles. The minimum absolute atomic E-state index is 0. The highest BCUT2D eigenvalue weighted by atomic mass is 35.5. The first-order valence-corrected chi connectivity index (χ1v) is 9.28. The van der Waals surface area contributed by atoms with Crippen LogP contribution in [0.4, 0.5) is 0 Å². The van der Waals surface area contributed by atoms with Gasteiger partial charge < -0.3 is 19.7 Å².